The van der Waals surface area contributed by atoms with Gasteiger partial charge < -0.3 is 10.2 Å². The maximum absolute atomic E-state index is 13.0. The van der Waals surface area contributed by atoms with Crippen LogP contribution in [0.5, 0.6) is 0 Å². The molecule has 8 heteroatoms. The fraction of sp³-hybridized carbons (Fsp3) is 0.333. The molecule has 1 N–H and O–H groups in total. The number of hydrogen-bond donors (Lipinski definition) is 1. The molecule has 3 aromatic heterocycles. The van der Waals surface area contributed by atoms with Crippen LogP contribution >= 0.6 is 11.3 Å². The second-order valence-electron chi connectivity index (χ2n) is 6.44. The van der Waals surface area contributed by atoms with Crippen LogP contribution in [0.25, 0.3) is 0 Å². The van der Waals surface area contributed by atoms with Gasteiger partial charge >= 0.3 is 0 Å². The zero-order valence-electron chi connectivity index (χ0n) is 14.5. The van der Waals surface area contributed by atoms with Crippen molar-refractivity contribution in [3.05, 3.63) is 58.3 Å². The molecule has 4 heterocycles. The summed E-state index contributed by atoms with van der Waals surface area (Å²) < 4.78 is 1.99. The lowest BCUT2D eigenvalue weighted by Crippen LogP contribution is -2.36. The van der Waals surface area contributed by atoms with Gasteiger partial charge in [-0.05, 0) is 36.1 Å². The minimum Gasteiger partial charge on any atom is -0.354 e. The number of rotatable bonds is 4. The predicted molar refractivity (Wildman–Crippen MR) is 100 cm³/mol. The highest BCUT2D eigenvalue weighted by Crippen LogP contribution is 2.22. The number of aromatic nitrogens is 4. The number of fused-ring (bicyclic) bond motifs is 1. The van der Waals surface area contributed by atoms with Crippen molar-refractivity contribution in [3.63, 3.8) is 0 Å². The maximum atomic E-state index is 13.0. The Morgan fingerprint density at radius 2 is 2.12 bits per heavy atom. The Kier molecular flexibility index (Phi) is 4.66. The van der Waals surface area contributed by atoms with Crippen LogP contribution in [0.1, 0.15) is 20.9 Å². The number of hydrogen-bond acceptors (Lipinski definition) is 6. The molecular weight excluding hydrogens is 348 g/mol. The third kappa shape index (κ3) is 3.45. The molecule has 4 rings (SSSR count). The molecule has 0 saturated carbocycles. The van der Waals surface area contributed by atoms with Crippen molar-refractivity contribution >= 4 is 23.2 Å². The van der Waals surface area contributed by atoms with Gasteiger partial charge in [0.1, 0.15) is 0 Å². The minimum atomic E-state index is 0.0908. The third-order valence-corrected chi connectivity index (χ3v) is 5.53. The minimum absolute atomic E-state index is 0.0908. The Hall–Kier alpha value is -2.74. The predicted octanol–water partition coefficient (Wildman–Crippen LogP) is 2.43. The van der Waals surface area contributed by atoms with Crippen LogP contribution in [-0.4, -0.2) is 43.6 Å². The number of anilines is 1. The average molecular weight is 368 g/mol. The topological polar surface area (TPSA) is 75.9 Å². The maximum Gasteiger partial charge on any atom is 0.264 e. The summed E-state index contributed by atoms with van der Waals surface area (Å²) in [5.41, 5.74) is 2.09. The Bertz CT molecular complexity index is 890. The average Bonchev–Trinajstić information content (AvgIpc) is 3.24. The molecule has 0 spiro atoms. The Labute approximate surface area is 155 Å². The number of amides is 1. The second-order valence-corrected chi connectivity index (χ2v) is 7.36. The van der Waals surface area contributed by atoms with Gasteiger partial charge in [0.15, 0.2) is 0 Å². The monoisotopic (exact) mass is 368 g/mol. The fourth-order valence-electron chi connectivity index (χ4n) is 3.18. The van der Waals surface area contributed by atoms with Gasteiger partial charge in [-0.1, -0.05) is 0 Å². The van der Waals surface area contributed by atoms with E-state index in [0.717, 1.165) is 22.7 Å². The number of nitrogens with one attached hydrogen (secondary N) is 1. The van der Waals surface area contributed by atoms with Crippen molar-refractivity contribution in [1.29, 1.82) is 0 Å². The van der Waals surface area contributed by atoms with Crippen LogP contribution in [0.3, 0.4) is 0 Å². The molecule has 1 amide bonds. The second kappa shape index (κ2) is 7.25. The number of thiophene rings is 1. The summed E-state index contributed by atoms with van der Waals surface area (Å²) in [4.78, 5) is 24.2. The van der Waals surface area contributed by atoms with Crippen LogP contribution in [0, 0.1) is 12.8 Å². The van der Waals surface area contributed by atoms with Gasteiger partial charge in [-0.25, -0.2) is 9.97 Å². The lowest BCUT2D eigenvalue weighted by molar-refractivity contribution is 0.0728. The van der Waals surface area contributed by atoms with Crippen molar-refractivity contribution < 1.29 is 4.79 Å². The first-order valence-corrected chi connectivity index (χ1v) is 9.43. The van der Waals surface area contributed by atoms with Crippen molar-refractivity contribution in [2.45, 2.75) is 20.0 Å². The summed E-state index contributed by atoms with van der Waals surface area (Å²) in [5, 5.41) is 9.66. The summed E-state index contributed by atoms with van der Waals surface area (Å²) in [6.07, 6.45) is 5.22. The van der Waals surface area contributed by atoms with E-state index in [2.05, 4.69) is 20.4 Å². The molecule has 0 fully saturated rings. The summed E-state index contributed by atoms with van der Waals surface area (Å²) in [6.45, 7) is 4.66. The lowest BCUT2D eigenvalue weighted by atomic mass is 10.1. The van der Waals surface area contributed by atoms with E-state index in [-0.39, 0.29) is 11.8 Å². The molecule has 0 aliphatic carbocycles. The highest BCUT2D eigenvalue weighted by Gasteiger charge is 2.27. The molecule has 1 atom stereocenters. The molecule has 1 aliphatic heterocycles. The SMILES string of the molecule is Cc1ccsc1C(=O)N1Cc2ccnn2C[C@@H](CNc2ncccn2)C1. The number of carbonyl (C=O) groups is 1. The number of nitrogens with zero attached hydrogens (tertiary/aromatic N) is 5. The first-order valence-electron chi connectivity index (χ1n) is 8.55. The van der Waals surface area contributed by atoms with Crippen molar-refractivity contribution in [1.82, 2.24) is 24.6 Å². The van der Waals surface area contributed by atoms with Gasteiger partial charge in [-0.2, -0.15) is 5.10 Å². The van der Waals surface area contributed by atoms with Crippen molar-refractivity contribution in [3.8, 4) is 0 Å². The van der Waals surface area contributed by atoms with Crippen LogP contribution < -0.4 is 5.32 Å². The largest absolute Gasteiger partial charge is 0.354 e. The van der Waals surface area contributed by atoms with Crippen LogP contribution in [0.4, 0.5) is 5.95 Å². The van der Waals surface area contributed by atoms with Crippen molar-refractivity contribution in [2.24, 2.45) is 5.92 Å². The van der Waals surface area contributed by atoms with Gasteiger partial charge in [0.2, 0.25) is 5.95 Å². The van der Waals surface area contributed by atoms with Gasteiger partial charge in [-0.15, -0.1) is 11.3 Å². The van der Waals surface area contributed by atoms with E-state index in [4.69, 9.17) is 0 Å². The van der Waals surface area contributed by atoms with E-state index >= 15 is 0 Å². The van der Waals surface area contributed by atoms with Gasteiger partial charge in [0.05, 0.1) is 17.1 Å². The van der Waals surface area contributed by atoms with Gasteiger partial charge in [0.25, 0.3) is 5.91 Å². The fourth-order valence-corrected chi connectivity index (χ4v) is 4.07. The zero-order valence-corrected chi connectivity index (χ0v) is 15.3. The highest BCUT2D eigenvalue weighted by molar-refractivity contribution is 7.12. The van der Waals surface area contributed by atoms with E-state index in [1.807, 2.05) is 34.0 Å². The summed E-state index contributed by atoms with van der Waals surface area (Å²) >= 11 is 1.50. The van der Waals surface area contributed by atoms with Crippen LogP contribution in [0.15, 0.2) is 42.2 Å². The zero-order chi connectivity index (χ0) is 17.9. The molecule has 134 valence electrons. The molecule has 0 saturated heterocycles. The molecule has 1 aliphatic rings. The van der Waals surface area contributed by atoms with E-state index in [1.165, 1.54) is 11.3 Å². The standard InChI is InChI=1S/C18H20N6OS/c1-13-4-8-26-16(13)17(25)23-10-14(9-21-18-19-5-2-6-20-18)11-24-15(12-23)3-7-22-24/h2-8,14H,9-12H2,1H3,(H,19,20,21)/t14-/m0/s1. The molecule has 26 heavy (non-hydrogen) atoms. The molecule has 0 radical (unpaired) electrons. The Balaban J connectivity index is 1.53. The van der Waals surface area contributed by atoms with E-state index in [9.17, 15) is 4.79 Å². The summed E-state index contributed by atoms with van der Waals surface area (Å²) in [7, 11) is 0. The van der Waals surface area contributed by atoms with E-state index in [0.29, 0.717) is 25.6 Å². The summed E-state index contributed by atoms with van der Waals surface area (Å²) in [5.74, 6) is 0.904. The first kappa shape index (κ1) is 16.7. The number of aryl methyl sites for hydroxylation is 1. The normalized spacial score (nSPS) is 16.8. The number of carbonyl (C=O) groups excluding carboxylic acids is 1. The lowest BCUT2D eigenvalue weighted by Gasteiger charge is -2.24. The smallest absolute Gasteiger partial charge is 0.264 e. The summed E-state index contributed by atoms with van der Waals surface area (Å²) in [6, 6.07) is 5.76. The molecule has 7 nitrogen and oxygen atoms in total. The molecule has 0 aromatic carbocycles. The molecule has 0 bridgehead atoms. The van der Waals surface area contributed by atoms with E-state index in [1.54, 1.807) is 24.7 Å². The Morgan fingerprint density at radius 3 is 2.88 bits per heavy atom. The third-order valence-electron chi connectivity index (χ3n) is 4.53. The van der Waals surface area contributed by atoms with Crippen LogP contribution in [0.2, 0.25) is 0 Å². The van der Waals surface area contributed by atoms with Gasteiger partial charge in [0, 0.05) is 44.1 Å². The molecule has 0 unspecified atom stereocenters. The van der Waals surface area contributed by atoms with Crippen molar-refractivity contribution in [2.75, 3.05) is 18.4 Å². The van der Waals surface area contributed by atoms with E-state index < -0.39 is 0 Å². The molecule has 3 aromatic rings. The molecular formula is C18H20N6OS. The van der Waals surface area contributed by atoms with Gasteiger partial charge in [-0.3, -0.25) is 9.48 Å². The quantitative estimate of drug-likeness (QED) is 0.765. The first-order chi connectivity index (χ1) is 12.7. The van der Waals surface area contributed by atoms with Crippen LogP contribution in [-0.2, 0) is 13.1 Å². The highest BCUT2D eigenvalue weighted by atomic mass is 32.1. The Morgan fingerprint density at radius 1 is 1.27 bits per heavy atom.